The fourth-order valence-corrected chi connectivity index (χ4v) is 2.35. The maximum atomic E-state index is 11.2. The summed E-state index contributed by atoms with van der Waals surface area (Å²) in [6, 6.07) is 1.92. The fraction of sp³-hybridized carbons (Fsp3) is 0.417. The van der Waals surface area contributed by atoms with Crippen LogP contribution in [-0.4, -0.2) is 27.3 Å². The summed E-state index contributed by atoms with van der Waals surface area (Å²) in [4.78, 5) is 15.7. The molecular weight excluding hydrogens is 250 g/mol. The summed E-state index contributed by atoms with van der Waals surface area (Å²) in [6.07, 6.45) is 2.87. The van der Waals surface area contributed by atoms with Gasteiger partial charge in [-0.05, 0) is 13.0 Å². The number of rotatable bonds is 5. The minimum Gasteiger partial charge on any atom is -0.466 e. The molecule has 2 aromatic heterocycles. The van der Waals surface area contributed by atoms with Gasteiger partial charge in [-0.2, -0.15) is 5.10 Å². The molecule has 0 aliphatic rings. The molecule has 0 amide bonds. The second-order valence-electron chi connectivity index (χ2n) is 3.82. The summed E-state index contributed by atoms with van der Waals surface area (Å²) in [6.45, 7) is 2.23. The largest absolute Gasteiger partial charge is 0.466 e. The molecule has 2 aromatic rings. The Bertz CT molecular complexity index is 533. The number of ether oxygens (including phenoxy) is 1. The molecule has 0 spiro atoms. The lowest BCUT2D eigenvalue weighted by Crippen LogP contribution is -2.05. The second-order valence-corrected chi connectivity index (χ2v) is 4.68. The standard InChI is InChI=1S/C12H15N3O2S/c1-3-17-11(16)5-4-9-8-18-12(13-9)10-6-7-15(2)14-10/h6-8H,3-5H2,1-2H3. The SMILES string of the molecule is CCOC(=O)CCc1csc(-c2ccn(C)n2)n1. The summed E-state index contributed by atoms with van der Waals surface area (Å²) in [5.41, 5.74) is 1.78. The highest BCUT2D eigenvalue weighted by Gasteiger charge is 2.09. The molecule has 0 unspecified atom stereocenters. The Morgan fingerprint density at radius 2 is 2.39 bits per heavy atom. The van der Waals surface area contributed by atoms with Crippen molar-refractivity contribution in [3.8, 4) is 10.7 Å². The van der Waals surface area contributed by atoms with Crippen molar-refractivity contribution in [3.05, 3.63) is 23.3 Å². The minimum absolute atomic E-state index is 0.176. The number of thiazole rings is 1. The van der Waals surface area contributed by atoms with E-state index in [1.807, 2.05) is 24.7 Å². The average molecular weight is 265 g/mol. The van der Waals surface area contributed by atoms with Gasteiger partial charge in [0, 0.05) is 25.0 Å². The molecule has 0 aromatic carbocycles. The number of aryl methyl sites for hydroxylation is 2. The van der Waals surface area contributed by atoms with Gasteiger partial charge in [0.2, 0.25) is 0 Å². The maximum absolute atomic E-state index is 11.2. The van der Waals surface area contributed by atoms with E-state index in [4.69, 9.17) is 4.74 Å². The van der Waals surface area contributed by atoms with Gasteiger partial charge in [-0.1, -0.05) is 0 Å². The van der Waals surface area contributed by atoms with Crippen LogP contribution in [0.1, 0.15) is 19.0 Å². The van der Waals surface area contributed by atoms with Crippen molar-refractivity contribution in [1.82, 2.24) is 14.8 Å². The molecule has 18 heavy (non-hydrogen) atoms. The van der Waals surface area contributed by atoms with E-state index < -0.39 is 0 Å². The van der Waals surface area contributed by atoms with E-state index in [9.17, 15) is 4.79 Å². The summed E-state index contributed by atoms with van der Waals surface area (Å²) in [7, 11) is 1.87. The Morgan fingerprint density at radius 3 is 3.06 bits per heavy atom. The van der Waals surface area contributed by atoms with Gasteiger partial charge in [0.1, 0.15) is 10.7 Å². The number of carbonyl (C=O) groups is 1. The molecule has 6 heteroatoms. The number of hydrogen-bond donors (Lipinski definition) is 0. The summed E-state index contributed by atoms with van der Waals surface area (Å²) >= 11 is 1.54. The number of nitrogens with zero attached hydrogens (tertiary/aromatic N) is 3. The van der Waals surface area contributed by atoms with Crippen molar-refractivity contribution < 1.29 is 9.53 Å². The monoisotopic (exact) mass is 265 g/mol. The van der Waals surface area contributed by atoms with Crippen LogP contribution in [0.15, 0.2) is 17.6 Å². The predicted molar refractivity (Wildman–Crippen MR) is 69.3 cm³/mol. The van der Waals surface area contributed by atoms with Crippen LogP contribution >= 0.6 is 11.3 Å². The van der Waals surface area contributed by atoms with E-state index in [1.54, 1.807) is 22.9 Å². The van der Waals surface area contributed by atoms with Crippen molar-refractivity contribution in [1.29, 1.82) is 0 Å². The zero-order valence-corrected chi connectivity index (χ0v) is 11.2. The maximum Gasteiger partial charge on any atom is 0.306 e. The first-order valence-corrected chi connectivity index (χ1v) is 6.67. The van der Waals surface area contributed by atoms with Gasteiger partial charge >= 0.3 is 5.97 Å². The van der Waals surface area contributed by atoms with Crippen LogP contribution in [0, 0.1) is 0 Å². The van der Waals surface area contributed by atoms with Gasteiger partial charge in [-0.25, -0.2) is 4.98 Å². The smallest absolute Gasteiger partial charge is 0.306 e. The summed E-state index contributed by atoms with van der Waals surface area (Å²) in [5, 5.41) is 7.14. The van der Waals surface area contributed by atoms with Crippen LogP contribution < -0.4 is 0 Å². The van der Waals surface area contributed by atoms with Crippen molar-refractivity contribution in [2.45, 2.75) is 19.8 Å². The van der Waals surface area contributed by atoms with Gasteiger partial charge in [-0.3, -0.25) is 9.48 Å². The van der Waals surface area contributed by atoms with E-state index >= 15 is 0 Å². The van der Waals surface area contributed by atoms with Gasteiger partial charge in [0.05, 0.1) is 18.7 Å². The lowest BCUT2D eigenvalue weighted by atomic mass is 10.2. The van der Waals surface area contributed by atoms with E-state index in [0.717, 1.165) is 16.4 Å². The zero-order chi connectivity index (χ0) is 13.0. The van der Waals surface area contributed by atoms with Crippen LogP contribution in [0.3, 0.4) is 0 Å². The Labute approximate surface area is 109 Å². The average Bonchev–Trinajstić information content (AvgIpc) is 2.95. The van der Waals surface area contributed by atoms with E-state index in [0.29, 0.717) is 19.4 Å². The third-order valence-corrected chi connectivity index (χ3v) is 3.29. The molecule has 2 rings (SSSR count). The van der Waals surface area contributed by atoms with Gasteiger partial charge in [0.15, 0.2) is 0 Å². The van der Waals surface area contributed by atoms with Crippen molar-refractivity contribution >= 4 is 17.3 Å². The zero-order valence-electron chi connectivity index (χ0n) is 10.4. The molecule has 0 saturated heterocycles. The number of hydrogen-bond acceptors (Lipinski definition) is 5. The highest BCUT2D eigenvalue weighted by Crippen LogP contribution is 2.22. The van der Waals surface area contributed by atoms with E-state index in [1.165, 1.54) is 0 Å². The third kappa shape index (κ3) is 3.16. The quantitative estimate of drug-likeness (QED) is 0.776. The predicted octanol–water partition coefficient (Wildman–Crippen LogP) is 2.04. The normalized spacial score (nSPS) is 10.6. The lowest BCUT2D eigenvalue weighted by molar-refractivity contribution is -0.143. The molecule has 2 heterocycles. The van der Waals surface area contributed by atoms with Crippen LogP contribution in [0.25, 0.3) is 10.7 Å². The van der Waals surface area contributed by atoms with Gasteiger partial charge in [0.25, 0.3) is 0 Å². The Hall–Kier alpha value is -1.69. The number of aromatic nitrogens is 3. The molecule has 0 atom stereocenters. The fourth-order valence-electron chi connectivity index (χ4n) is 1.53. The second kappa shape index (κ2) is 5.77. The van der Waals surface area contributed by atoms with Crippen LogP contribution in [-0.2, 0) is 23.0 Å². The number of esters is 1. The minimum atomic E-state index is -0.176. The molecule has 5 nitrogen and oxygen atoms in total. The highest BCUT2D eigenvalue weighted by molar-refractivity contribution is 7.13. The topological polar surface area (TPSA) is 57.0 Å². The van der Waals surface area contributed by atoms with Gasteiger partial charge in [-0.15, -0.1) is 11.3 Å². The molecule has 96 valence electrons. The molecule has 0 radical (unpaired) electrons. The summed E-state index contributed by atoms with van der Waals surface area (Å²) in [5.74, 6) is -0.176. The molecule has 0 aliphatic carbocycles. The van der Waals surface area contributed by atoms with E-state index in [-0.39, 0.29) is 5.97 Å². The third-order valence-electron chi connectivity index (χ3n) is 2.38. The Kier molecular flexibility index (Phi) is 4.09. The molecule has 0 saturated carbocycles. The molecule has 0 N–H and O–H groups in total. The van der Waals surface area contributed by atoms with Crippen LogP contribution in [0.4, 0.5) is 0 Å². The Balaban J connectivity index is 1.96. The Morgan fingerprint density at radius 1 is 1.56 bits per heavy atom. The first kappa shape index (κ1) is 12.8. The van der Waals surface area contributed by atoms with Gasteiger partial charge < -0.3 is 4.74 Å². The molecule has 0 bridgehead atoms. The van der Waals surface area contributed by atoms with Crippen molar-refractivity contribution in [2.75, 3.05) is 6.61 Å². The summed E-state index contributed by atoms with van der Waals surface area (Å²) < 4.78 is 6.62. The van der Waals surface area contributed by atoms with Crippen LogP contribution in [0.5, 0.6) is 0 Å². The van der Waals surface area contributed by atoms with Crippen molar-refractivity contribution in [2.24, 2.45) is 7.05 Å². The van der Waals surface area contributed by atoms with Crippen LogP contribution in [0.2, 0.25) is 0 Å². The number of carbonyl (C=O) groups excluding carboxylic acids is 1. The highest BCUT2D eigenvalue weighted by atomic mass is 32.1. The molecular formula is C12H15N3O2S. The molecule has 0 aliphatic heterocycles. The first-order chi connectivity index (χ1) is 8.69. The lowest BCUT2D eigenvalue weighted by Gasteiger charge is -1.98. The van der Waals surface area contributed by atoms with Crippen molar-refractivity contribution in [3.63, 3.8) is 0 Å². The first-order valence-electron chi connectivity index (χ1n) is 5.79. The molecule has 0 fully saturated rings. The van der Waals surface area contributed by atoms with E-state index in [2.05, 4.69) is 10.1 Å².